The van der Waals surface area contributed by atoms with Gasteiger partial charge in [-0.25, -0.2) is 9.18 Å². The third kappa shape index (κ3) is 4.55. The minimum absolute atomic E-state index is 0.293. The molecule has 2 aliphatic heterocycles. The fraction of sp³-hybridized carbons (Fsp3) is 0.400. The number of H-pyrrole nitrogens is 1. The van der Waals surface area contributed by atoms with Gasteiger partial charge in [0.15, 0.2) is 0 Å². The summed E-state index contributed by atoms with van der Waals surface area (Å²) in [5, 5.41) is 5.67. The largest absolute Gasteiger partial charge is 0.444 e. The van der Waals surface area contributed by atoms with Gasteiger partial charge in [0.2, 0.25) is 5.91 Å². The number of anilines is 2. The average Bonchev–Trinajstić information content (AvgIpc) is 3.41. The van der Waals surface area contributed by atoms with Crippen LogP contribution in [0.5, 0.6) is 0 Å². The number of benzene rings is 1. The molecule has 3 N–H and O–H groups in total. The van der Waals surface area contributed by atoms with E-state index in [1.54, 1.807) is 26.8 Å². The first kappa shape index (κ1) is 23.5. The van der Waals surface area contributed by atoms with Gasteiger partial charge in [-0.05, 0) is 77.3 Å². The number of rotatable bonds is 3. The second-order valence-corrected chi connectivity index (χ2v) is 9.69. The predicted octanol–water partition coefficient (Wildman–Crippen LogP) is 4.60. The summed E-state index contributed by atoms with van der Waals surface area (Å²) in [5.74, 6) is -1.05. The zero-order valence-corrected chi connectivity index (χ0v) is 20.0. The molecule has 4 rings (SSSR count). The summed E-state index contributed by atoms with van der Waals surface area (Å²) >= 11 is 0. The monoisotopic (exact) mass is 468 g/mol. The Bertz CT molecular complexity index is 1210. The number of carbonyl (C=O) groups excluding carboxylic acids is 3. The quantitative estimate of drug-likeness (QED) is 0.573. The summed E-state index contributed by atoms with van der Waals surface area (Å²) in [4.78, 5) is 42.8. The van der Waals surface area contributed by atoms with Gasteiger partial charge < -0.3 is 20.4 Å². The highest BCUT2D eigenvalue weighted by molar-refractivity contribution is 6.34. The highest BCUT2D eigenvalue weighted by Crippen LogP contribution is 2.35. The Morgan fingerprint density at radius 3 is 2.71 bits per heavy atom. The molecule has 0 aliphatic carbocycles. The Labute approximate surface area is 197 Å². The van der Waals surface area contributed by atoms with Crippen LogP contribution in [0.4, 0.5) is 20.6 Å². The molecule has 0 bridgehead atoms. The zero-order valence-electron chi connectivity index (χ0n) is 20.0. The number of hydrogen-bond acceptors (Lipinski definition) is 4. The molecule has 2 aliphatic rings. The molecular formula is C25H29FN4O4. The molecule has 1 fully saturated rings. The summed E-state index contributed by atoms with van der Waals surface area (Å²) in [6.45, 7) is 9.46. The SMILES string of the molecule is Cc1[nH]c(/C=C2\C(=O)Nc3ccc(F)cc32)c(C)c1NC(=O)[C@H]1CCCN1C(=O)OC(C)(C)C. The van der Waals surface area contributed by atoms with Gasteiger partial charge in [0.25, 0.3) is 5.91 Å². The first-order valence-corrected chi connectivity index (χ1v) is 11.3. The van der Waals surface area contributed by atoms with E-state index < -0.39 is 23.6 Å². The van der Waals surface area contributed by atoms with Crippen molar-refractivity contribution in [2.45, 2.75) is 59.1 Å². The van der Waals surface area contributed by atoms with E-state index in [1.165, 1.54) is 23.1 Å². The Morgan fingerprint density at radius 1 is 1.26 bits per heavy atom. The van der Waals surface area contributed by atoms with Crippen LogP contribution in [-0.4, -0.2) is 46.0 Å². The van der Waals surface area contributed by atoms with Crippen molar-refractivity contribution in [3.8, 4) is 0 Å². The maximum Gasteiger partial charge on any atom is 0.410 e. The lowest BCUT2D eigenvalue weighted by Crippen LogP contribution is -2.45. The van der Waals surface area contributed by atoms with Gasteiger partial charge in [-0.2, -0.15) is 0 Å². The van der Waals surface area contributed by atoms with E-state index in [0.29, 0.717) is 53.3 Å². The molecule has 0 saturated carbocycles. The molecule has 9 heteroatoms. The van der Waals surface area contributed by atoms with Crippen LogP contribution < -0.4 is 10.6 Å². The van der Waals surface area contributed by atoms with Gasteiger partial charge in [-0.15, -0.1) is 0 Å². The van der Waals surface area contributed by atoms with E-state index in [2.05, 4.69) is 15.6 Å². The fourth-order valence-corrected chi connectivity index (χ4v) is 4.34. The van der Waals surface area contributed by atoms with Gasteiger partial charge in [0.05, 0.1) is 11.3 Å². The number of fused-ring (bicyclic) bond motifs is 1. The number of carbonyl (C=O) groups is 3. The molecule has 1 aromatic heterocycles. The molecule has 1 saturated heterocycles. The third-order valence-corrected chi connectivity index (χ3v) is 5.96. The van der Waals surface area contributed by atoms with Crippen LogP contribution >= 0.6 is 0 Å². The Hall–Kier alpha value is -3.62. The molecule has 1 atom stereocenters. The van der Waals surface area contributed by atoms with Crippen molar-refractivity contribution in [2.24, 2.45) is 0 Å². The Kier molecular flexibility index (Phi) is 5.97. The highest BCUT2D eigenvalue weighted by atomic mass is 19.1. The normalized spacial score (nSPS) is 18.8. The topological polar surface area (TPSA) is 104 Å². The van der Waals surface area contributed by atoms with E-state index in [-0.39, 0.29) is 11.8 Å². The molecule has 3 amide bonds. The van der Waals surface area contributed by atoms with Gasteiger partial charge >= 0.3 is 6.09 Å². The fourth-order valence-electron chi connectivity index (χ4n) is 4.34. The number of halogens is 1. The van der Waals surface area contributed by atoms with Gasteiger partial charge in [-0.1, -0.05) is 0 Å². The minimum atomic E-state index is -0.648. The van der Waals surface area contributed by atoms with E-state index in [4.69, 9.17) is 4.74 Å². The number of aryl methyl sites for hydroxylation is 1. The molecule has 8 nitrogen and oxygen atoms in total. The van der Waals surface area contributed by atoms with Crippen LogP contribution in [0.15, 0.2) is 18.2 Å². The molecule has 2 aromatic rings. The third-order valence-electron chi connectivity index (χ3n) is 5.96. The number of ether oxygens (including phenoxy) is 1. The smallest absolute Gasteiger partial charge is 0.410 e. The minimum Gasteiger partial charge on any atom is -0.444 e. The second kappa shape index (κ2) is 8.62. The molecule has 0 unspecified atom stereocenters. The van der Waals surface area contributed by atoms with Crippen LogP contribution in [0, 0.1) is 19.7 Å². The van der Waals surface area contributed by atoms with Crippen molar-refractivity contribution < 1.29 is 23.5 Å². The van der Waals surface area contributed by atoms with E-state index in [0.717, 1.165) is 5.56 Å². The number of hydrogen-bond donors (Lipinski definition) is 3. The number of amides is 3. The van der Waals surface area contributed by atoms with Crippen molar-refractivity contribution in [1.82, 2.24) is 9.88 Å². The van der Waals surface area contributed by atoms with Crippen LogP contribution in [0.1, 0.15) is 56.1 Å². The number of likely N-dealkylation sites (tertiary alicyclic amines) is 1. The number of aromatic amines is 1. The van der Waals surface area contributed by atoms with E-state index in [9.17, 15) is 18.8 Å². The van der Waals surface area contributed by atoms with Gasteiger partial charge in [0, 0.05) is 29.2 Å². The summed E-state index contributed by atoms with van der Waals surface area (Å²) in [7, 11) is 0. The van der Waals surface area contributed by atoms with Crippen molar-refractivity contribution >= 4 is 40.9 Å². The second-order valence-electron chi connectivity index (χ2n) is 9.69. The van der Waals surface area contributed by atoms with Crippen LogP contribution in [0.2, 0.25) is 0 Å². The lowest BCUT2D eigenvalue weighted by molar-refractivity contribution is -0.120. The number of nitrogens with one attached hydrogen (secondary N) is 3. The molecule has 0 spiro atoms. The van der Waals surface area contributed by atoms with Crippen LogP contribution in [-0.2, 0) is 14.3 Å². The molecule has 3 heterocycles. The molecule has 0 radical (unpaired) electrons. The first-order valence-electron chi connectivity index (χ1n) is 11.3. The van der Waals surface area contributed by atoms with Crippen molar-refractivity contribution in [2.75, 3.05) is 17.2 Å². The van der Waals surface area contributed by atoms with Crippen LogP contribution in [0.25, 0.3) is 11.6 Å². The first-order chi connectivity index (χ1) is 15.9. The van der Waals surface area contributed by atoms with Gasteiger partial charge in [-0.3, -0.25) is 14.5 Å². The average molecular weight is 469 g/mol. The summed E-state index contributed by atoms with van der Waals surface area (Å²) < 4.78 is 19.2. The van der Waals surface area contributed by atoms with Crippen molar-refractivity contribution in [3.05, 3.63) is 46.5 Å². The summed E-state index contributed by atoms with van der Waals surface area (Å²) in [6.07, 6.45) is 2.41. The van der Waals surface area contributed by atoms with Crippen molar-refractivity contribution in [3.63, 3.8) is 0 Å². The standard InChI is InChI=1S/C25H29FN4O4/c1-13-19(12-17-16-11-15(26)8-9-18(16)28-22(17)31)27-14(2)21(13)29-23(32)20-7-6-10-30(20)24(33)34-25(3,4)5/h8-9,11-12,20,27H,6-7,10H2,1-5H3,(H,28,31)(H,29,32)/b17-12-/t20-/m1/s1. The Morgan fingerprint density at radius 2 is 2.00 bits per heavy atom. The predicted molar refractivity (Wildman–Crippen MR) is 128 cm³/mol. The lowest BCUT2D eigenvalue weighted by Gasteiger charge is -2.28. The lowest BCUT2D eigenvalue weighted by atomic mass is 10.0. The maximum atomic E-state index is 13.8. The van der Waals surface area contributed by atoms with Crippen molar-refractivity contribution in [1.29, 1.82) is 0 Å². The van der Waals surface area contributed by atoms with Gasteiger partial charge in [0.1, 0.15) is 17.5 Å². The molecule has 180 valence electrons. The molecule has 34 heavy (non-hydrogen) atoms. The zero-order chi connectivity index (χ0) is 24.8. The Balaban J connectivity index is 1.56. The van der Waals surface area contributed by atoms with E-state index in [1.807, 2.05) is 13.8 Å². The summed E-state index contributed by atoms with van der Waals surface area (Å²) in [6, 6.07) is 3.52. The maximum absolute atomic E-state index is 13.8. The highest BCUT2D eigenvalue weighted by Gasteiger charge is 2.37. The number of nitrogens with zero attached hydrogens (tertiary/aromatic N) is 1. The number of aromatic nitrogens is 1. The van der Waals surface area contributed by atoms with E-state index >= 15 is 0 Å². The molecule has 1 aromatic carbocycles. The summed E-state index contributed by atoms with van der Waals surface area (Å²) in [5.41, 5.74) is 3.39. The van der Waals surface area contributed by atoms with Crippen LogP contribution in [0.3, 0.4) is 0 Å². The molecular weight excluding hydrogens is 439 g/mol.